The number of unbranched alkanes of at least 4 members (excludes halogenated alkanes) is 1. The summed E-state index contributed by atoms with van der Waals surface area (Å²) in [4.78, 5) is 22.1. The van der Waals surface area contributed by atoms with E-state index in [4.69, 9.17) is 5.11 Å². The molecule has 70 valence electrons. The monoisotopic (exact) mass is 173 g/mol. The smallest absolute Gasteiger partial charge is 0.326 e. The Bertz CT molecular complexity index is 158. The molecule has 0 fully saturated rings. The molecule has 1 atom stereocenters. The Kier molecular flexibility index (Phi) is 5.08. The molecular weight excluding hydrogens is 158 g/mol. The van der Waals surface area contributed by atoms with E-state index in [0.717, 1.165) is 12.8 Å². The zero-order valence-corrected chi connectivity index (χ0v) is 7.49. The Hall–Kier alpha value is -1.06. The molecule has 0 spiro atoms. The van der Waals surface area contributed by atoms with E-state index in [-0.39, 0.29) is 0 Å². The SMILES string of the molecule is CCCCC(C(=O)O)N(C)C=O. The first kappa shape index (κ1) is 10.9. The second-order valence-corrected chi connectivity index (χ2v) is 2.77. The zero-order chi connectivity index (χ0) is 9.56. The summed E-state index contributed by atoms with van der Waals surface area (Å²) in [6.07, 6.45) is 2.85. The van der Waals surface area contributed by atoms with E-state index in [1.165, 1.54) is 11.9 Å². The van der Waals surface area contributed by atoms with E-state index in [1.54, 1.807) is 0 Å². The number of carboxylic acids is 1. The van der Waals surface area contributed by atoms with Crippen molar-refractivity contribution in [3.05, 3.63) is 0 Å². The number of carboxylic acid groups (broad SMARTS) is 1. The van der Waals surface area contributed by atoms with E-state index in [2.05, 4.69) is 0 Å². The van der Waals surface area contributed by atoms with Crippen LogP contribution < -0.4 is 0 Å². The molecule has 1 amide bonds. The van der Waals surface area contributed by atoms with Crippen LogP contribution in [0.25, 0.3) is 0 Å². The maximum absolute atomic E-state index is 10.6. The van der Waals surface area contributed by atoms with E-state index in [1.807, 2.05) is 6.92 Å². The van der Waals surface area contributed by atoms with Crippen LogP contribution in [0.2, 0.25) is 0 Å². The maximum Gasteiger partial charge on any atom is 0.326 e. The van der Waals surface area contributed by atoms with Gasteiger partial charge in [0.05, 0.1) is 0 Å². The van der Waals surface area contributed by atoms with Crippen molar-refractivity contribution in [1.82, 2.24) is 4.90 Å². The molecule has 0 aliphatic rings. The summed E-state index contributed by atoms with van der Waals surface area (Å²) < 4.78 is 0. The lowest BCUT2D eigenvalue weighted by molar-refractivity contribution is -0.145. The molecule has 0 rings (SSSR count). The second-order valence-electron chi connectivity index (χ2n) is 2.77. The Morgan fingerprint density at radius 1 is 1.67 bits per heavy atom. The molecule has 0 aromatic carbocycles. The fourth-order valence-corrected chi connectivity index (χ4v) is 0.972. The molecule has 0 saturated carbocycles. The van der Waals surface area contributed by atoms with Crippen molar-refractivity contribution in [3.63, 3.8) is 0 Å². The number of nitrogens with zero attached hydrogens (tertiary/aromatic N) is 1. The predicted molar refractivity (Wildman–Crippen MR) is 44.8 cm³/mol. The maximum atomic E-state index is 10.6. The van der Waals surface area contributed by atoms with E-state index >= 15 is 0 Å². The van der Waals surface area contributed by atoms with Gasteiger partial charge in [0.25, 0.3) is 0 Å². The molecule has 0 aromatic heterocycles. The lowest BCUT2D eigenvalue weighted by Crippen LogP contribution is -2.37. The Balaban J connectivity index is 4.03. The number of amides is 1. The molecular formula is C8H15NO3. The topological polar surface area (TPSA) is 57.6 Å². The van der Waals surface area contributed by atoms with E-state index in [9.17, 15) is 9.59 Å². The molecule has 0 aliphatic carbocycles. The summed E-state index contributed by atoms with van der Waals surface area (Å²) in [6, 6.07) is -0.664. The summed E-state index contributed by atoms with van der Waals surface area (Å²) >= 11 is 0. The first-order chi connectivity index (χ1) is 5.63. The number of carbonyl (C=O) groups is 2. The minimum atomic E-state index is -0.932. The number of rotatable bonds is 6. The van der Waals surface area contributed by atoms with Crippen molar-refractivity contribution < 1.29 is 14.7 Å². The average Bonchev–Trinajstić information content (AvgIpc) is 2.04. The van der Waals surface area contributed by atoms with Crippen LogP contribution in [0.15, 0.2) is 0 Å². The van der Waals surface area contributed by atoms with Gasteiger partial charge in [0.2, 0.25) is 6.41 Å². The molecule has 0 aromatic rings. The number of carbonyl (C=O) groups excluding carboxylic acids is 1. The molecule has 0 saturated heterocycles. The molecule has 0 aliphatic heterocycles. The predicted octanol–water partition coefficient (Wildman–Crippen LogP) is 0.718. The Morgan fingerprint density at radius 2 is 2.25 bits per heavy atom. The van der Waals surface area contributed by atoms with Crippen LogP contribution in [0.3, 0.4) is 0 Å². The molecule has 4 nitrogen and oxygen atoms in total. The summed E-state index contributed by atoms with van der Waals surface area (Å²) in [5.41, 5.74) is 0. The first-order valence-electron chi connectivity index (χ1n) is 4.03. The van der Waals surface area contributed by atoms with Crippen LogP contribution in [-0.4, -0.2) is 35.5 Å². The lowest BCUT2D eigenvalue weighted by Gasteiger charge is -2.19. The molecule has 1 unspecified atom stereocenters. The highest BCUT2D eigenvalue weighted by atomic mass is 16.4. The number of aliphatic carboxylic acids is 1. The third-order valence-electron chi connectivity index (χ3n) is 1.77. The highest BCUT2D eigenvalue weighted by Gasteiger charge is 2.20. The Labute approximate surface area is 72.2 Å². The molecule has 4 heteroatoms. The minimum absolute atomic E-state index is 0.529. The van der Waals surface area contributed by atoms with Gasteiger partial charge >= 0.3 is 5.97 Å². The van der Waals surface area contributed by atoms with Gasteiger partial charge in [0.15, 0.2) is 0 Å². The van der Waals surface area contributed by atoms with E-state index < -0.39 is 12.0 Å². The molecule has 0 heterocycles. The highest BCUT2D eigenvalue weighted by Crippen LogP contribution is 2.05. The van der Waals surface area contributed by atoms with Gasteiger partial charge in [-0.2, -0.15) is 0 Å². The number of hydrogen-bond acceptors (Lipinski definition) is 2. The van der Waals surface area contributed by atoms with Crippen LogP contribution in [0.1, 0.15) is 26.2 Å². The summed E-state index contributed by atoms with van der Waals surface area (Å²) in [7, 11) is 1.49. The minimum Gasteiger partial charge on any atom is -0.480 e. The largest absolute Gasteiger partial charge is 0.480 e. The van der Waals surface area contributed by atoms with Crippen molar-refractivity contribution >= 4 is 12.4 Å². The third-order valence-corrected chi connectivity index (χ3v) is 1.77. The standard InChI is InChI=1S/C8H15NO3/c1-3-4-5-7(8(11)12)9(2)6-10/h6-7H,3-5H2,1-2H3,(H,11,12). The van der Waals surface area contributed by atoms with Crippen LogP contribution >= 0.6 is 0 Å². The van der Waals surface area contributed by atoms with Crippen molar-refractivity contribution in [2.75, 3.05) is 7.05 Å². The van der Waals surface area contributed by atoms with Crippen LogP contribution in [0, 0.1) is 0 Å². The first-order valence-corrected chi connectivity index (χ1v) is 4.03. The van der Waals surface area contributed by atoms with E-state index in [0.29, 0.717) is 12.8 Å². The quantitative estimate of drug-likeness (QED) is 0.602. The number of hydrogen-bond donors (Lipinski definition) is 1. The van der Waals surface area contributed by atoms with Crippen LogP contribution in [0.4, 0.5) is 0 Å². The molecule has 0 radical (unpaired) electrons. The van der Waals surface area contributed by atoms with Gasteiger partial charge in [0, 0.05) is 7.05 Å². The third kappa shape index (κ3) is 3.37. The van der Waals surface area contributed by atoms with Gasteiger partial charge < -0.3 is 10.0 Å². The number of likely N-dealkylation sites (N-methyl/N-ethyl adjacent to an activating group) is 1. The van der Waals surface area contributed by atoms with Crippen molar-refractivity contribution in [2.45, 2.75) is 32.2 Å². The average molecular weight is 173 g/mol. The summed E-state index contributed by atoms with van der Waals surface area (Å²) in [6.45, 7) is 1.99. The fraction of sp³-hybridized carbons (Fsp3) is 0.750. The van der Waals surface area contributed by atoms with Crippen molar-refractivity contribution in [1.29, 1.82) is 0 Å². The molecule has 1 N–H and O–H groups in total. The summed E-state index contributed by atoms with van der Waals surface area (Å²) in [5, 5.41) is 8.70. The van der Waals surface area contributed by atoms with Crippen molar-refractivity contribution in [2.24, 2.45) is 0 Å². The fourth-order valence-electron chi connectivity index (χ4n) is 0.972. The van der Waals surface area contributed by atoms with Gasteiger partial charge in [-0.1, -0.05) is 19.8 Å². The highest BCUT2D eigenvalue weighted by molar-refractivity contribution is 5.76. The second kappa shape index (κ2) is 5.57. The van der Waals surface area contributed by atoms with Gasteiger partial charge in [-0.05, 0) is 6.42 Å². The van der Waals surface area contributed by atoms with Crippen LogP contribution in [0.5, 0.6) is 0 Å². The van der Waals surface area contributed by atoms with Crippen molar-refractivity contribution in [3.8, 4) is 0 Å². The van der Waals surface area contributed by atoms with Gasteiger partial charge in [-0.15, -0.1) is 0 Å². The lowest BCUT2D eigenvalue weighted by atomic mass is 10.1. The van der Waals surface area contributed by atoms with Gasteiger partial charge in [-0.25, -0.2) is 4.79 Å². The van der Waals surface area contributed by atoms with Crippen LogP contribution in [-0.2, 0) is 9.59 Å². The van der Waals surface area contributed by atoms with Gasteiger partial charge in [-0.3, -0.25) is 4.79 Å². The molecule has 0 bridgehead atoms. The summed E-state index contributed by atoms with van der Waals surface area (Å²) in [5.74, 6) is -0.932. The Morgan fingerprint density at radius 3 is 2.58 bits per heavy atom. The van der Waals surface area contributed by atoms with Gasteiger partial charge in [0.1, 0.15) is 6.04 Å². The zero-order valence-electron chi connectivity index (χ0n) is 7.49. The normalized spacial score (nSPS) is 12.2. The molecule has 12 heavy (non-hydrogen) atoms.